The fraction of sp³-hybridized carbons (Fsp3) is 1.00. The summed E-state index contributed by atoms with van der Waals surface area (Å²) in [5.41, 5.74) is 0.163. The molecule has 0 heterocycles. The molecule has 0 N–H and O–H groups in total. The van der Waals surface area contributed by atoms with Gasteiger partial charge in [0.15, 0.2) is 0 Å². The van der Waals surface area contributed by atoms with Gasteiger partial charge in [0.2, 0.25) is 0 Å². The lowest BCUT2D eigenvalue weighted by Gasteiger charge is -2.25. The van der Waals surface area contributed by atoms with E-state index in [4.69, 9.17) is 16.3 Å². The molecule has 12 heavy (non-hydrogen) atoms. The molecule has 0 saturated carbocycles. The predicted molar refractivity (Wildman–Crippen MR) is 54.8 cm³/mol. The number of halogens is 1. The van der Waals surface area contributed by atoms with Gasteiger partial charge in [0.05, 0.1) is 6.61 Å². The van der Waals surface area contributed by atoms with Gasteiger partial charge >= 0.3 is 0 Å². The molecule has 0 saturated heterocycles. The average molecular weight is 193 g/mol. The molecule has 0 aromatic rings. The quantitative estimate of drug-likeness (QED) is 0.587. The first-order chi connectivity index (χ1) is 5.54. The first-order valence-corrected chi connectivity index (χ1v) is 5.21. The Hall–Kier alpha value is 0.250. The van der Waals surface area contributed by atoms with Crippen LogP contribution in [-0.4, -0.2) is 19.1 Å². The Labute approximate surface area is 81.4 Å². The van der Waals surface area contributed by atoms with Gasteiger partial charge in [-0.2, -0.15) is 0 Å². The molecule has 0 fully saturated rings. The third kappa shape index (κ3) is 5.00. The molecular weight excluding hydrogens is 172 g/mol. The molecule has 1 atom stereocenters. The maximum Gasteiger partial charge on any atom is 0.0531 e. The second-order valence-electron chi connectivity index (χ2n) is 4.21. The number of rotatable bonds is 6. The Balaban J connectivity index is 3.58. The zero-order chi connectivity index (χ0) is 9.61. The van der Waals surface area contributed by atoms with E-state index in [9.17, 15) is 0 Å². The summed E-state index contributed by atoms with van der Waals surface area (Å²) in [6, 6.07) is 0. The second kappa shape index (κ2) is 5.82. The van der Waals surface area contributed by atoms with Crippen LogP contribution in [0, 0.1) is 11.3 Å². The van der Waals surface area contributed by atoms with E-state index in [0.29, 0.717) is 11.8 Å². The lowest BCUT2D eigenvalue weighted by atomic mass is 9.91. The van der Waals surface area contributed by atoms with Crippen LogP contribution >= 0.6 is 11.6 Å². The van der Waals surface area contributed by atoms with Crippen molar-refractivity contribution in [2.24, 2.45) is 11.3 Å². The Morgan fingerprint density at radius 3 is 2.33 bits per heavy atom. The molecule has 0 aliphatic rings. The average Bonchev–Trinajstić information content (AvgIpc) is 2.03. The monoisotopic (exact) mass is 192 g/mol. The summed E-state index contributed by atoms with van der Waals surface area (Å²) in [6.45, 7) is 10.3. The summed E-state index contributed by atoms with van der Waals surface area (Å²) in [7, 11) is 0. The van der Waals surface area contributed by atoms with Crippen molar-refractivity contribution in [2.45, 2.75) is 34.1 Å². The van der Waals surface area contributed by atoms with Gasteiger partial charge in [-0.15, -0.1) is 11.6 Å². The molecule has 0 amide bonds. The minimum atomic E-state index is 0.163. The fourth-order valence-electron chi connectivity index (χ4n) is 0.776. The van der Waals surface area contributed by atoms with Gasteiger partial charge in [-0.3, -0.25) is 0 Å². The molecule has 0 aromatic carbocycles. The van der Waals surface area contributed by atoms with Crippen LogP contribution in [0.1, 0.15) is 34.1 Å². The number of hydrogen-bond acceptors (Lipinski definition) is 1. The molecule has 0 spiro atoms. The second-order valence-corrected chi connectivity index (χ2v) is 4.47. The van der Waals surface area contributed by atoms with Gasteiger partial charge in [0.25, 0.3) is 0 Å². The van der Waals surface area contributed by atoms with E-state index in [1.165, 1.54) is 0 Å². The van der Waals surface area contributed by atoms with Crippen molar-refractivity contribution >= 4 is 11.6 Å². The van der Waals surface area contributed by atoms with Crippen LogP contribution in [0.4, 0.5) is 0 Å². The van der Waals surface area contributed by atoms with E-state index >= 15 is 0 Å². The van der Waals surface area contributed by atoms with Crippen LogP contribution in [0.5, 0.6) is 0 Å². The van der Waals surface area contributed by atoms with Crippen molar-refractivity contribution in [2.75, 3.05) is 19.1 Å². The highest BCUT2D eigenvalue weighted by Crippen LogP contribution is 2.23. The molecule has 1 nitrogen and oxygen atoms in total. The maximum atomic E-state index is 5.84. The van der Waals surface area contributed by atoms with Gasteiger partial charge in [-0.25, -0.2) is 0 Å². The SMILES string of the molecule is CCC(C)(CCl)COCC(C)C. The largest absolute Gasteiger partial charge is 0.381 e. The van der Waals surface area contributed by atoms with E-state index in [1.54, 1.807) is 0 Å². The van der Waals surface area contributed by atoms with Gasteiger partial charge < -0.3 is 4.74 Å². The standard InChI is InChI=1S/C10H21ClO/c1-5-10(4,7-11)8-12-6-9(2)3/h9H,5-8H2,1-4H3. The topological polar surface area (TPSA) is 9.23 Å². The van der Waals surface area contributed by atoms with E-state index < -0.39 is 0 Å². The molecule has 0 radical (unpaired) electrons. The van der Waals surface area contributed by atoms with Crippen LogP contribution < -0.4 is 0 Å². The molecule has 0 aliphatic carbocycles. The summed E-state index contributed by atoms with van der Waals surface area (Å²) < 4.78 is 5.56. The van der Waals surface area contributed by atoms with Gasteiger partial charge in [0, 0.05) is 17.9 Å². The first-order valence-electron chi connectivity index (χ1n) is 4.68. The highest BCUT2D eigenvalue weighted by Gasteiger charge is 2.20. The van der Waals surface area contributed by atoms with Gasteiger partial charge in [-0.05, 0) is 12.3 Å². The molecule has 0 aromatic heterocycles. The molecule has 2 heteroatoms. The Morgan fingerprint density at radius 2 is 2.00 bits per heavy atom. The zero-order valence-electron chi connectivity index (χ0n) is 8.69. The summed E-state index contributed by atoms with van der Waals surface area (Å²) in [4.78, 5) is 0. The summed E-state index contributed by atoms with van der Waals surface area (Å²) in [5.74, 6) is 1.29. The first kappa shape index (κ1) is 12.2. The molecule has 0 aliphatic heterocycles. The van der Waals surface area contributed by atoms with Crippen LogP contribution in [0.15, 0.2) is 0 Å². The lowest BCUT2D eigenvalue weighted by Crippen LogP contribution is -2.25. The summed E-state index contributed by atoms with van der Waals surface area (Å²) in [5, 5.41) is 0. The highest BCUT2D eigenvalue weighted by atomic mass is 35.5. The summed E-state index contributed by atoms with van der Waals surface area (Å²) >= 11 is 5.84. The molecule has 74 valence electrons. The summed E-state index contributed by atoms with van der Waals surface area (Å²) in [6.07, 6.45) is 1.08. The molecule has 1 unspecified atom stereocenters. The van der Waals surface area contributed by atoms with Crippen molar-refractivity contribution in [1.82, 2.24) is 0 Å². The van der Waals surface area contributed by atoms with Crippen molar-refractivity contribution < 1.29 is 4.74 Å². The molecule has 0 bridgehead atoms. The fourth-order valence-corrected chi connectivity index (χ4v) is 1.04. The minimum Gasteiger partial charge on any atom is -0.381 e. The highest BCUT2D eigenvalue weighted by molar-refractivity contribution is 6.18. The number of ether oxygens (including phenoxy) is 1. The third-order valence-electron chi connectivity index (χ3n) is 2.08. The third-order valence-corrected chi connectivity index (χ3v) is 2.72. The minimum absolute atomic E-state index is 0.163. The van der Waals surface area contributed by atoms with E-state index in [0.717, 1.165) is 19.6 Å². The lowest BCUT2D eigenvalue weighted by molar-refractivity contribution is 0.0466. The van der Waals surface area contributed by atoms with E-state index in [-0.39, 0.29) is 5.41 Å². The van der Waals surface area contributed by atoms with Crippen LogP contribution in [0.2, 0.25) is 0 Å². The Morgan fingerprint density at radius 1 is 1.42 bits per heavy atom. The Kier molecular flexibility index (Phi) is 5.94. The van der Waals surface area contributed by atoms with Crippen molar-refractivity contribution in [1.29, 1.82) is 0 Å². The van der Waals surface area contributed by atoms with E-state index in [1.807, 2.05) is 0 Å². The smallest absolute Gasteiger partial charge is 0.0531 e. The number of alkyl halides is 1. The Bertz CT molecular complexity index is 108. The van der Waals surface area contributed by atoms with E-state index in [2.05, 4.69) is 27.7 Å². The van der Waals surface area contributed by atoms with Gasteiger partial charge in [0.1, 0.15) is 0 Å². The predicted octanol–water partition coefficient (Wildman–Crippen LogP) is 3.31. The van der Waals surface area contributed by atoms with Crippen LogP contribution in [0.3, 0.4) is 0 Å². The normalized spacial score (nSPS) is 16.5. The van der Waals surface area contributed by atoms with Crippen LogP contribution in [0.25, 0.3) is 0 Å². The molecule has 0 rings (SSSR count). The maximum absolute atomic E-state index is 5.84. The zero-order valence-corrected chi connectivity index (χ0v) is 9.45. The molecular formula is C10H21ClO. The van der Waals surface area contributed by atoms with Crippen molar-refractivity contribution in [3.63, 3.8) is 0 Å². The van der Waals surface area contributed by atoms with Crippen molar-refractivity contribution in [3.8, 4) is 0 Å². The van der Waals surface area contributed by atoms with Crippen LogP contribution in [-0.2, 0) is 4.74 Å². The van der Waals surface area contributed by atoms with Gasteiger partial charge in [-0.1, -0.05) is 27.7 Å². The van der Waals surface area contributed by atoms with Crippen molar-refractivity contribution in [3.05, 3.63) is 0 Å². The number of hydrogen-bond donors (Lipinski definition) is 0.